The molecule has 0 radical (unpaired) electrons. The number of benzene rings is 1. The van der Waals surface area contributed by atoms with Crippen LogP contribution < -0.4 is 10.6 Å². The van der Waals surface area contributed by atoms with Crippen molar-refractivity contribution in [3.63, 3.8) is 0 Å². The minimum atomic E-state index is -0.882. The molecule has 5 heteroatoms. The van der Waals surface area contributed by atoms with E-state index in [-0.39, 0.29) is 18.5 Å². The van der Waals surface area contributed by atoms with Crippen molar-refractivity contribution in [2.24, 2.45) is 5.92 Å². The average Bonchev–Trinajstić information content (AvgIpc) is 3.12. The van der Waals surface area contributed by atoms with Crippen LogP contribution >= 0.6 is 0 Å². The summed E-state index contributed by atoms with van der Waals surface area (Å²) in [7, 11) is 0. The minimum absolute atomic E-state index is 0.0210. The Morgan fingerprint density at radius 1 is 1.28 bits per heavy atom. The van der Waals surface area contributed by atoms with Crippen LogP contribution in [0.3, 0.4) is 0 Å². The molecule has 1 aliphatic rings. The molecular weight excluding hydrogens is 232 g/mol. The lowest BCUT2D eigenvalue weighted by molar-refractivity contribution is -0.137. The molecule has 0 heterocycles. The first-order valence-corrected chi connectivity index (χ1v) is 5.99. The van der Waals surface area contributed by atoms with Gasteiger partial charge in [-0.05, 0) is 30.9 Å². The highest BCUT2D eigenvalue weighted by molar-refractivity contribution is 5.89. The van der Waals surface area contributed by atoms with Crippen LogP contribution in [0.4, 0.5) is 10.5 Å². The fourth-order valence-electron chi connectivity index (χ4n) is 1.88. The predicted octanol–water partition coefficient (Wildman–Crippen LogP) is 2.06. The summed E-state index contributed by atoms with van der Waals surface area (Å²) in [5.74, 6) is -0.575. The summed E-state index contributed by atoms with van der Waals surface area (Å²) in [4.78, 5) is 22.4. The van der Waals surface area contributed by atoms with E-state index in [1.165, 1.54) is 0 Å². The second kappa shape index (κ2) is 5.53. The number of carbonyl (C=O) groups excluding carboxylic acids is 1. The van der Waals surface area contributed by atoms with E-state index in [9.17, 15) is 9.59 Å². The van der Waals surface area contributed by atoms with Gasteiger partial charge in [-0.25, -0.2) is 4.79 Å². The van der Waals surface area contributed by atoms with Crippen LogP contribution in [0.25, 0.3) is 0 Å². The van der Waals surface area contributed by atoms with Gasteiger partial charge in [0.2, 0.25) is 0 Å². The smallest absolute Gasteiger partial charge is 0.319 e. The Morgan fingerprint density at radius 2 is 1.94 bits per heavy atom. The van der Waals surface area contributed by atoms with Crippen molar-refractivity contribution in [3.8, 4) is 0 Å². The number of para-hydroxylation sites is 1. The van der Waals surface area contributed by atoms with E-state index in [0.29, 0.717) is 11.6 Å². The molecule has 0 spiro atoms. The molecule has 2 amide bonds. The van der Waals surface area contributed by atoms with Gasteiger partial charge in [-0.2, -0.15) is 0 Å². The van der Waals surface area contributed by atoms with Crippen LogP contribution in [0, 0.1) is 5.92 Å². The van der Waals surface area contributed by atoms with Crippen molar-refractivity contribution in [2.45, 2.75) is 25.3 Å². The number of urea groups is 1. The third-order valence-electron chi connectivity index (χ3n) is 2.93. The number of rotatable bonds is 5. The molecule has 1 unspecified atom stereocenters. The lowest BCUT2D eigenvalue weighted by Gasteiger charge is -2.16. The average molecular weight is 248 g/mol. The Balaban J connectivity index is 1.87. The molecule has 18 heavy (non-hydrogen) atoms. The van der Waals surface area contributed by atoms with E-state index in [1.54, 1.807) is 12.1 Å². The Bertz CT molecular complexity index is 429. The van der Waals surface area contributed by atoms with Gasteiger partial charge in [-0.15, -0.1) is 0 Å². The van der Waals surface area contributed by atoms with Crippen LogP contribution in [0.15, 0.2) is 30.3 Å². The molecule has 1 aliphatic carbocycles. The summed E-state index contributed by atoms with van der Waals surface area (Å²) in [5, 5.41) is 14.2. The predicted molar refractivity (Wildman–Crippen MR) is 67.4 cm³/mol. The molecular formula is C13H16N2O3. The Morgan fingerprint density at radius 3 is 2.50 bits per heavy atom. The van der Waals surface area contributed by atoms with E-state index >= 15 is 0 Å². The standard InChI is InChI=1S/C13H16N2O3/c16-12(17)8-11(9-6-7-9)15-13(18)14-10-4-2-1-3-5-10/h1-5,9,11H,6-8H2,(H,16,17)(H2,14,15,18). The zero-order chi connectivity index (χ0) is 13.0. The third kappa shape index (κ3) is 3.76. The normalized spacial score (nSPS) is 15.8. The molecule has 1 aromatic rings. The number of aliphatic carboxylic acids is 1. The fraction of sp³-hybridized carbons (Fsp3) is 0.385. The Hall–Kier alpha value is -2.04. The summed E-state index contributed by atoms with van der Waals surface area (Å²) in [5.41, 5.74) is 0.694. The highest BCUT2D eigenvalue weighted by Crippen LogP contribution is 2.34. The van der Waals surface area contributed by atoms with Gasteiger partial charge in [-0.1, -0.05) is 18.2 Å². The highest BCUT2D eigenvalue weighted by Gasteiger charge is 2.33. The monoisotopic (exact) mass is 248 g/mol. The molecule has 96 valence electrons. The summed E-state index contributed by atoms with van der Waals surface area (Å²) in [6.45, 7) is 0. The first kappa shape index (κ1) is 12.4. The molecule has 1 fully saturated rings. The van der Waals surface area contributed by atoms with Gasteiger partial charge >= 0.3 is 12.0 Å². The number of anilines is 1. The zero-order valence-electron chi connectivity index (χ0n) is 9.93. The van der Waals surface area contributed by atoms with Crippen molar-refractivity contribution in [3.05, 3.63) is 30.3 Å². The first-order valence-electron chi connectivity index (χ1n) is 5.99. The van der Waals surface area contributed by atoms with Gasteiger partial charge in [0.05, 0.1) is 6.42 Å². The maximum atomic E-state index is 11.7. The Labute approximate surface area is 105 Å². The van der Waals surface area contributed by atoms with Crippen LogP contribution in [0.1, 0.15) is 19.3 Å². The van der Waals surface area contributed by atoms with Gasteiger partial charge in [0.25, 0.3) is 0 Å². The molecule has 0 aromatic heterocycles. The van der Waals surface area contributed by atoms with Gasteiger partial charge in [0.15, 0.2) is 0 Å². The molecule has 0 aliphatic heterocycles. The van der Waals surface area contributed by atoms with Gasteiger partial charge < -0.3 is 15.7 Å². The third-order valence-corrected chi connectivity index (χ3v) is 2.93. The first-order chi connectivity index (χ1) is 8.65. The maximum absolute atomic E-state index is 11.7. The Kier molecular flexibility index (Phi) is 3.82. The summed E-state index contributed by atoms with van der Waals surface area (Å²) < 4.78 is 0. The molecule has 3 N–H and O–H groups in total. The van der Waals surface area contributed by atoms with Crippen molar-refractivity contribution >= 4 is 17.7 Å². The SMILES string of the molecule is O=C(O)CC(NC(=O)Nc1ccccc1)C1CC1. The number of amides is 2. The molecule has 1 aromatic carbocycles. The molecule has 2 rings (SSSR count). The van der Waals surface area contributed by atoms with Crippen molar-refractivity contribution < 1.29 is 14.7 Å². The van der Waals surface area contributed by atoms with Crippen LogP contribution in [0.2, 0.25) is 0 Å². The van der Waals surface area contributed by atoms with E-state index in [4.69, 9.17) is 5.11 Å². The molecule has 0 bridgehead atoms. The van der Waals surface area contributed by atoms with Crippen molar-refractivity contribution in [2.75, 3.05) is 5.32 Å². The zero-order valence-corrected chi connectivity index (χ0v) is 9.93. The van der Waals surface area contributed by atoms with E-state index in [2.05, 4.69) is 10.6 Å². The van der Waals surface area contributed by atoms with Gasteiger partial charge in [0, 0.05) is 11.7 Å². The summed E-state index contributed by atoms with van der Waals surface area (Å²) in [6, 6.07) is 8.45. The van der Waals surface area contributed by atoms with Gasteiger partial charge in [0.1, 0.15) is 0 Å². The van der Waals surface area contributed by atoms with Crippen LogP contribution in [-0.4, -0.2) is 23.1 Å². The van der Waals surface area contributed by atoms with E-state index in [0.717, 1.165) is 12.8 Å². The molecule has 0 saturated heterocycles. The van der Waals surface area contributed by atoms with Crippen LogP contribution in [-0.2, 0) is 4.79 Å². The number of carboxylic acids is 1. The summed E-state index contributed by atoms with van der Waals surface area (Å²) >= 11 is 0. The van der Waals surface area contributed by atoms with Crippen molar-refractivity contribution in [1.29, 1.82) is 0 Å². The quantitative estimate of drug-likeness (QED) is 0.746. The van der Waals surface area contributed by atoms with E-state index in [1.807, 2.05) is 18.2 Å². The van der Waals surface area contributed by atoms with Crippen LogP contribution in [0.5, 0.6) is 0 Å². The maximum Gasteiger partial charge on any atom is 0.319 e. The number of carboxylic acid groups (broad SMARTS) is 1. The molecule has 5 nitrogen and oxygen atoms in total. The largest absolute Gasteiger partial charge is 0.481 e. The highest BCUT2D eigenvalue weighted by atomic mass is 16.4. The van der Waals surface area contributed by atoms with Crippen molar-refractivity contribution in [1.82, 2.24) is 5.32 Å². The topological polar surface area (TPSA) is 78.4 Å². The lowest BCUT2D eigenvalue weighted by atomic mass is 10.1. The summed E-state index contributed by atoms with van der Waals surface area (Å²) in [6.07, 6.45) is 1.96. The number of hydrogen-bond donors (Lipinski definition) is 3. The molecule has 1 saturated carbocycles. The minimum Gasteiger partial charge on any atom is -0.481 e. The second-order valence-corrected chi connectivity index (χ2v) is 4.51. The molecule has 1 atom stereocenters. The lowest BCUT2D eigenvalue weighted by Crippen LogP contribution is -2.40. The number of nitrogens with one attached hydrogen (secondary N) is 2. The van der Waals surface area contributed by atoms with Gasteiger partial charge in [-0.3, -0.25) is 4.79 Å². The fourth-order valence-corrected chi connectivity index (χ4v) is 1.88. The second-order valence-electron chi connectivity index (χ2n) is 4.51. The number of hydrogen-bond acceptors (Lipinski definition) is 2. The van der Waals surface area contributed by atoms with E-state index < -0.39 is 5.97 Å². The number of carbonyl (C=O) groups is 2.